The van der Waals surface area contributed by atoms with Gasteiger partial charge >= 0.3 is 6.18 Å². The Bertz CT molecular complexity index is 1130. The van der Waals surface area contributed by atoms with E-state index in [1.807, 2.05) is 0 Å². The largest absolute Gasteiger partial charge is 0.433 e. The van der Waals surface area contributed by atoms with Crippen LogP contribution in [0.25, 0.3) is 11.4 Å². The van der Waals surface area contributed by atoms with Crippen LogP contribution in [0.4, 0.5) is 13.2 Å². The van der Waals surface area contributed by atoms with E-state index in [0.717, 1.165) is 6.07 Å². The predicted octanol–water partition coefficient (Wildman–Crippen LogP) is 4.11. The zero-order valence-corrected chi connectivity index (χ0v) is 16.9. The standard InChI is InChI=1S/C18H13Cl2F3N6O/c1-9-6-28-8-12(14-11(19)5-24-17(20)27-14)26-15(28)16(30)29(9)7-10-3-2-4-13(25-10)18(21,22)23/h2-5,8-9H,6-7H2,1H3. The molecule has 156 valence electrons. The molecule has 0 radical (unpaired) electrons. The average molecular weight is 457 g/mol. The maximum Gasteiger partial charge on any atom is 0.433 e. The third-order valence-electron chi connectivity index (χ3n) is 4.61. The highest BCUT2D eigenvalue weighted by atomic mass is 35.5. The van der Waals surface area contributed by atoms with Crippen LogP contribution in [0.1, 0.15) is 28.9 Å². The number of imidazole rings is 1. The van der Waals surface area contributed by atoms with Crippen LogP contribution in [0.3, 0.4) is 0 Å². The Morgan fingerprint density at radius 3 is 2.70 bits per heavy atom. The maximum atomic E-state index is 13.0. The van der Waals surface area contributed by atoms with Crippen LogP contribution < -0.4 is 0 Å². The minimum Gasteiger partial charge on any atom is -0.326 e. The van der Waals surface area contributed by atoms with Crippen molar-refractivity contribution in [3.8, 4) is 11.4 Å². The van der Waals surface area contributed by atoms with Crippen LogP contribution in [0.2, 0.25) is 10.3 Å². The number of hydrogen-bond donors (Lipinski definition) is 0. The summed E-state index contributed by atoms with van der Waals surface area (Å²) in [5.41, 5.74) is -0.240. The van der Waals surface area contributed by atoms with E-state index < -0.39 is 17.8 Å². The molecule has 0 fully saturated rings. The van der Waals surface area contributed by atoms with Crippen molar-refractivity contribution in [2.45, 2.75) is 32.2 Å². The first-order chi connectivity index (χ1) is 14.1. The molecule has 7 nitrogen and oxygen atoms in total. The SMILES string of the molecule is CC1Cn2cc(-c3nc(Cl)ncc3Cl)nc2C(=O)N1Cc1cccc(C(F)(F)F)n1. The van der Waals surface area contributed by atoms with Gasteiger partial charge < -0.3 is 9.47 Å². The summed E-state index contributed by atoms with van der Waals surface area (Å²) in [5, 5.41) is 0.206. The predicted molar refractivity (Wildman–Crippen MR) is 102 cm³/mol. The van der Waals surface area contributed by atoms with E-state index in [1.165, 1.54) is 23.2 Å². The number of aromatic nitrogens is 5. The molecule has 4 heterocycles. The molecule has 0 N–H and O–H groups in total. The Labute approximate surface area is 178 Å². The number of nitrogens with zero attached hydrogens (tertiary/aromatic N) is 6. The second-order valence-electron chi connectivity index (χ2n) is 6.73. The fourth-order valence-corrected chi connectivity index (χ4v) is 3.53. The van der Waals surface area contributed by atoms with Crippen LogP contribution in [0.5, 0.6) is 0 Å². The Morgan fingerprint density at radius 1 is 1.20 bits per heavy atom. The van der Waals surface area contributed by atoms with Crippen LogP contribution in [-0.4, -0.2) is 41.4 Å². The van der Waals surface area contributed by atoms with E-state index in [-0.39, 0.29) is 40.1 Å². The van der Waals surface area contributed by atoms with E-state index in [9.17, 15) is 18.0 Å². The first-order valence-electron chi connectivity index (χ1n) is 8.73. The zero-order valence-electron chi connectivity index (χ0n) is 15.4. The summed E-state index contributed by atoms with van der Waals surface area (Å²) in [5.74, 6) is -0.309. The lowest BCUT2D eigenvalue weighted by atomic mass is 10.2. The molecule has 0 aromatic carbocycles. The molecule has 0 saturated heterocycles. The van der Waals surface area contributed by atoms with E-state index in [2.05, 4.69) is 19.9 Å². The normalized spacial score (nSPS) is 16.7. The van der Waals surface area contributed by atoms with Gasteiger partial charge in [-0.2, -0.15) is 13.2 Å². The second kappa shape index (κ2) is 7.51. The van der Waals surface area contributed by atoms with Gasteiger partial charge in [0.05, 0.1) is 23.5 Å². The molecule has 1 atom stereocenters. The van der Waals surface area contributed by atoms with Crippen molar-refractivity contribution in [1.82, 2.24) is 29.4 Å². The Morgan fingerprint density at radius 2 is 1.97 bits per heavy atom. The van der Waals surface area contributed by atoms with Crippen molar-refractivity contribution in [1.29, 1.82) is 0 Å². The van der Waals surface area contributed by atoms with E-state index >= 15 is 0 Å². The van der Waals surface area contributed by atoms with Gasteiger partial charge in [-0.25, -0.2) is 19.9 Å². The molecule has 1 unspecified atom stereocenters. The Kier molecular flexibility index (Phi) is 5.15. The second-order valence-corrected chi connectivity index (χ2v) is 7.48. The lowest BCUT2D eigenvalue weighted by Gasteiger charge is -2.33. The van der Waals surface area contributed by atoms with Crippen LogP contribution in [0.15, 0.2) is 30.6 Å². The molecule has 0 spiro atoms. The summed E-state index contributed by atoms with van der Waals surface area (Å²) >= 11 is 11.9. The number of alkyl halides is 3. The smallest absolute Gasteiger partial charge is 0.326 e. The first-order valence-corrected chi connectivity index (χ1v) is 9.48. The molecule has 0 saturated carbocycles. The highest BCUT2D eigenvalue weighted by Gasteiger charge is 2.35. The molecule has 1 aliphatic heterocycles. The molecular weight excluding hydrogens is 444 g/mol. The average Bonchev–Trinajstić information content (AvgIpc) is 3.10. The molecule has 30 heavy (non-hydrogen) atoms. The van der Waals surface area contributed by atoms with E-state index in [4.69, 9.17) is 23.2 Å². The molecule has 4 rings (SSSR count). The molecule has 0 bridgehead atoms. The molecule has 3 aromatic rings. The molecule has 0 aliphatic carbocycles. The highest BCUT2D eigenvalue weighted by molar-refractivity contribution is 6.33. The topological polar surface area (TPSA) is 76.8 Å². The minimum atomic E-state index is -4.56. The van der Waals surface area contributed by atoms with Gasteiger partial charge in [-0.3, -0.25) is 4.79 Å². The Hall–Kier alpha value is -2.72. The van der Waals surface area contributed by atoms with E-state index in [0.29, 0.717) is 12.2 Å². The molecule has 1 amide bonds. The van der Waals surface area contributed by atoms with Crippen LogP contribution in [-0.2, 0) is 19.3 Å². The fourth-order valence-electron chi connectivity index (χ4n) is 3.20. The van der Waals surface area contributed by atoms with Gasteiger partial charge in [0.2, 0.25) is 5.28 Å². The number of fused-ring (bicyclic) bond motifs is 1. The molecular formula is C18H13Cl2F3N6O. The Balaban J connectivity index is 1.64. The third kappa shape index (κ3) is 3.84. The highest BCUT2D eigenvalue weighted by Crippen LogP contribution is 2.30. The van der Waals surface area contributed by atoms with Gasteiger partial charge in [-0.15, -0.1) is 0 Å². The number of halogens is 5. The number of pyridine rings is 1. The van der Waals surface area contributed by atoms with Crippen molar-refractivity contribution in [2.75, 3.05) is 0 Å². The van der Waals surface area contributed by atoms with Gasteiger partial charge in [0.1, 0.15) is 17.1 Å². The lowest BCUT2D eigenvalue weighted by Crippen LogP contribution is -2.46. The summed E-state index contributed by atoms with van der Waals surface area (Å²) in [6.45, 7) is 2.11. The first kappa shape index (κ1) is 20.5. The molecule has 1 aliphatic rings. The van der Waals surface area contributed by atoms with Gasteiger partial charge in [0.15, 0.2) is 5.82 Å². The summed E-state index contributed by atoms with van der Waals surface area (Å²) in [4.78, 5) is 30.2. The number of hydrogen-bond acceptors (Lipinski definition) is 5. The van der Waals surface area contributed by atoms with E-state index in [1.54, 1.807) is 17.7 Å². The van der Waals surface area contributed by atoms with Crippen molar-refractivity contribution in [3.05, 3.63) is 58.1 Å². The molecule has 12 heteroatoms. The van der Waals surface area contributed by atoms with Gasteiger partial charge in [-0.1, -0.05) is 17.7 Å². The van der Waals surface area contributed by atoms with Gasteiger partial charge in [0, 0.05) is 18.8 Å². The lowest BCUT2D eigenvalue weighted by molar-refractivity contribution is -0.141. The summed E-state index contributed by atoms with van der Waals surface area (Å²) in [7, 11) is 0. The fraction of sp³-hybridized carbons (Fsp3) is 0.278. The van der Waals surface area contributed by atoms with Crippen LogP contribution >= 0.6 is 23.2 Å². The third-order valence-corrected chi connectivity index (χ3v) is 5.07. The zero-order chi connectivity index (χ0) is 21.6. The van der Waals surface area contributed by atoms with Gasteiger partial charge in [-0.05, 0) is 30.7 Å². The maximum absolute atomic E-state index is 13.0. The quantitative estimate of drug-likeness (QED) is 0.554. The number of carbonyl (C=O) groups excluding carboxylic acids is 1. The minimum absolute atomic E-state index is 0.0164. The van der Waals surface area contributed by atoms with Crippen molar-refractivity contribution in [3.63, 3.8) is 0 Å². The monoisotopic (exact) mass is 456 g/mol. The van der Waals surface area contributed by atoms with Crippen LogP contribution in [0, 0.1) is 0 Å². The summed E-state index contributed by atoms with van der Waals surface area (Å²) < 4.78 is 40.5. The van der Waals surface area contributed by atoms with Gasteiger partial charge in [0.25, 0.3) is 5.91 Å². The number of carbonyl (C=O) groups is 1. The molecule has 3 aromatic heterocycles. The van der Waals surface area contributed by atoms with Crippen molar-refractivity contribution < 1.29 is 18.0 Å². The number of rotatable bonds is 3. The number of amides is 1. The van der Waals surface area contributed by atoms with Crippen molar-refractivity contribution >= 4 is 29.1 Å². The summed E-state index contributed by atoms with van der Waals surface area (Å²) in [6, 6.07) is 3.31. The summed E-state index contributed by atoms with van der Waals surface area (Å²) in [6.07, 6.45) is -1.59. The van der Waals surface area contributed by atoms with Crippen molar-refractivity contribution in [2.24, 2.45) is 0 Å².